The van der Waals surface area contributed by atoms with Crippen LogP contribution in [0.2, 0.25) is 0 Å². The van der Waals surface area contributed by atoms with E-state index in [9.17, 15) is 4.79 Å². The van der Waals surface area contributed by atoms with Crippen molar-refractivity contribution in [2.75, 3.05) is 5.32 Å². The van der Waals surface area contributed by atoms with Crippen molar-refractivity contribution in [3.8, 4) is 0 Å². The Bertz CT molecular complexity index is 331. The van der Waals surface area contributed by atoms with E-state index in [1.54, 1.807) is 12.4 Å². The van der Waals surface area contributed by atoms with E-state index in [-0.39, 0.29) is 11.3 Å². The van der Waals surface area contributed by atoms with Gasteiger partial charge in [-0.2, -0.15) is 0 Å². The summed E-state index contributed by atoms with van der Waals surface area (Å²) in [6.07, 6.45) is 1.00. The summed E-state index contributed by atoms with van der Waals surface area (Å²) in [5.41, 5.74) is 2.26. The molecule has 0 saturated heterocycles. The Balaban J connectivity index is 2.86. The maximum Gasteiger partial charge on any atom is 0.181 e. The van der Waals surface area contributed by atoms with Crippen molar-refractivity contribution in [1.82, 2.24) is 4.98 Å². The smallest absolute Gasteiger partial charge is 0.181 e. The SMILES string of the molecule is CCC(C)(C)Nc1scnc1C(C)=O. The van der Waals surface area contributed by atoms with Crippen LogP contribution in [-0.2, 0) is 0 Å². The maximum atomic E-state index is 11.2. The van der Waals surface area contributed by atoms with Crippen LogP contribution in [0, 0.1) is 0 Å². The van der Waals surface area contributed by atoms with E-state index in [2.05, 4.69) is 31.1 Å². The number of nitrogens with zero attached hydrogens (tertiary/aromatic N) is 1. The number of aromatic nitrogens is 1. The summed E-state index contributed by atoms with van der Waals surface area (Å²) in [6.45, 7) is 7.87. The average Bonchev–Trinajstić information content (AvgIpc) is 2.51. The van der Waals surface area contributed by atoms with Crippen molar-refractivity contribution in [3.05, 3.63) is 11.2 Å². The molecule has 0 atom stereocenters. The number of hydrogen-bond donors (Lipinski definition) is 1. The molecule has 0 radical (unpaired) electrons. The number of nitrogens with one attached hydrogen (secondary N) is 1. The Kier molecular flexibility index (Phi) is 3.26. The third-order valence-corrected chi connectivity index (χ3v) is 2.98. The molecule has 0 aliphatic carbocycles. The third-order valence-electron chi connectivity index (χ3n) is 2.24. The Hall–Kier alpha value is -0.900. The zero-order valence-corrected chi connectivity index (χ0v) is 9.86. The maximum absolute atomic E-state index is 11.2. The van der Waals surface area contributed by atoms with E-state index in [1.165, 1.54) is 11.3 Å². The van der Waals surface area contributed by atoms with Gasteiger partial charge in [0.2, 0.25) is 0 Å². The van der Waals surface area contributed by atoms with Gasteiger partial charge in [-0.15, -0.1) is 11.3 Å². The second kappa shape index (κ2) is 4.09. The van der Waals surface area contributed by atoms with Gasteiger partial charge in [0, 0.05) is 12.5 Å². The van der Waals surface area contributed by atoms with Crippen molar-refractivity contribution in [1.29, 1.82) is 0 Å². The van der Waals surface area contributed by atoms with Gasteiger partial charge in [-0.05, 0) is 20.3 Å². The molecule has 1 aromatic rings. The summed E-state index contributed by atoms with van der Waals surface area (Å²) in [6, 6.07) is 0. The summed E-state index contributed by atoms with van der Waals surface area (Å²) in [4.78, 5) is 15.2. The van der Waals surface area contributed by atoms with Gasteiger partial charge < -0.3 is 5.32 Å². The molecular formula is C10H16N2OS. The fourth-order valence-corrected chi connectivity index (χ4v) is 1.89. The lowest BCUT2D eigenvalue weighted by molar-refractivity contribution is 0.101. The second-order valence-electron chi connectivity index (χ2n) is 3.95. The Morgan fingerprint density at radius 2 is 2.29 bits per heavy atom. The van der Waals surface area contributed by atoms with Crippen LogP contribution in [0.25, 0.3) is 0 Å². The molecule has 1 N–H and O–H groups in total. The van der Waals surface area contributed by atoms with E-state index < -0.39 is 0 Å². The molecule has 0 aliphatic heterocycles. The van der Waals surface area contributed by atoms with Crippen molar-refractivity contribution < 1.29 is 4.79 Å². The van der Waals surface area contributed by atoms with Crippen LogP contribution in [0.3, 0.4) is 0 Å². The van der Waals surface area contributed by atoms with Gasteiger partial charge in [-0.25, -0.2) is 4.98 Å². The largest absolute Gasteiger partial charge is 0.370 e. The number of hydrogen-bond acceptors (Lipinski definition) is 4. The lowest BCUT2D eigenvalue weighted by Gasteiger charge is -2.24. The molecule has 3 nitrogen and oxygen atoms in total. The highest BCUT2D eigenvalue weighted by Gasteiger charge is 2.19. The third kappa shape index (κ3) is 2.54. The molecule has 0 spiro atoms. The van der Waals surface area contributed by atoms with Gasteiger partial charge in [0.05, 0.1) is 5.51 Å². The number of rotatable bonds is 4. The van der Waals surface area contributed by atoms with Gasteiger partial charge in [0.25, 0.3) is 0 Å². The molecule has 4 heteroatoms. The molecule has 78 valence electrons. The average molecular weight is 212 g/mol. The van der Waals surface area contributed by atoms with Crippen molar-refractivity contribution >= 4 is 22.1 Å². The molecule has 1 aromatic heterocycles. The second-order valence-corrected chi connectivity index (χ2v) is 4.80. The van der Waals surface area contributed by atoms with E-state index in [0.717, 1.165) is 11.4 Å². The van der Waals surface area contributed by atoms with Crippen LogP contribution < -0.4 is 5.32 Å². The summed E-state index contributed by atoms with van der Waals surface area (Å²) in [5, 5.41) is 4.21. The number of thiazole rings is 1. The van der Waals surface area contributed by atoms with Crippen LogP contribution in [-0.4, -0.2) is 16.3 Å². The lowest BCUT2D eigenvalue weighted by Crippen LogP contribution is -2.29. The first-order valence-electron chi connectivity index (χ1n) is 4.69. The van der Waals surface area contributed by atoms with Gasteiger partial charge >= 0.3 is 0 Å². The Morgan fingerprint density at radius 1 is 1.64 bits per heavy atom. The summed E-state index contributed by atoms with van der Waals surface area (Å²) >= 11 is 1.48. The van der Waals surface area contributed by atoms with E-state index in [0.29, 0.717) is 5.69 Å². The molecule has 0 aromatic carbocycles. The molecule has 0 bridgehead atoms. The Morgan fingerprint density at radius 3 is 2.79 bits per heavy atom. The van der Waals surface area contributed by atoms with E-state index >= 15 is 0 Å². The van der Waals surface area contributed by atoms with Crippen LogP contribution in [0.1, 0.15) is 44.6 Å². The summed E-state index contributed by atoms with van der Waals surface area (Å²) in [5.74, 6) is 0.0145. The van der Waals surface area contributed by atoms with Crippen LogP contribution in [0.15, 0.2) is 5.51 Å². The molecule has 0 saturated carbocycles. The number of ketones is 1. The number of carbonyl (C=O) groups excluding carboxylic acids is 1. The molecule has 0 amide bonds. The lowest BCUT2D eigenvalue weighted by atomic mass is 10.0. The van der Waals surface area contributed by atoms with Crippen molar-refractivity contribution in [3.63, 3.8) is 0 Å². The first-order chi connectivity index (χ1) is 6.46. The fraction of sp³-hybridized carbons (Fsp3) is 0.600. The monoisotopic (exact) mass is 212 g/mol. The van der Waals surface area contributed by atoms with Crippen LogP contribution in [0.4, 0.5) is 5.00 Å². The molecule has 0 fully saturated rings. The fourth-order valence-electron chi connectivity index (χ4n) is 0.981. The molecule has 1 rings (SSSR count). The highest BCUT2D eigenvalue weighted by molar-refractivity contribution is 7.14. The number of carbonyl (C=O) groups is 1. The quantitative estimate of drug-likeness (QED) is 0.780. The minimum absolute atomic E-state index is 0.0106. The zero-order valence-electron chi connectivity index (χ0n) is 9.05. The van der Waals surface area contributed by atoms with Gasteiger partial charge in [0.15, 0.2) is 5.78 Å². The summed E-state index contributed by atoms with van der Waals surface area (Å²) < 4.78 is 0. The van der Waals surface area contributed by atoms with Crippen LogP contribution in [0.5, 0.6) is 0 Å². The van der Waals surface area contributed by atoms with Gasteiger partial charge in [0.1, 0.15) is 10.7 Å². The Labute approximate surface area is 88.6 Å². The zero-order chi connectivity index (χ0) is 10.8. The van der Waals surface area contributed by atoms with E-state index in [1.807, 2.05) is 0 Å². The van der Waals surface area contributed by atoms with Gasteiger partial charge in [-0.1, -0.05) is 6.92 Å². The molecule has 0 aliphatic rings. The normalized spacial score (nSPS) is 11.4. The first kappa shape index (κ1) is 11.2. The predicted molar refractivity (Wildman–Crippen MR) is 60.1 cm³/mol. The molecule has 0 unspecified atom stereocenters. The standard InChI is InChI=1S/C10H16N2OS/c1-5-10(3,4)12-9-8(7(2)13)11-6-14-9/h6,12H,5H2,1-4H3. The minimum atomic E-state index is 0.0106. The van der Waals surface area contributed by atoms with Crippen LogP contribution >= 0.6 is 11.3 Å². The minimum Gasteiger partial charge on any atom is -0.370 e. The topological polar surface area (TPSA) is 42.0 Å². The highest BCUT2D eigenvalue weighted by atomic mass is 32.1. The first-order valence-corrected chi connectivity index (χ1v) is 5.57. The van der Waals surface area contributed by atoms with Gasteiger partial charge in [-0.3, -0.25) is 4.79 Å². The van der Waals surface area contributed by atoms with Crippen molar-refractivity contribution in [2.24, 2.45) is 0 Å². The molecular weight excluding hydrogens is 196 g/mol. The summed E-state index contributed by atoms with van der Waals surface area (Å²) in [7, 11) is 0. The highest BCUT2D eigenvalue weighted by Crippen LogP contribution is 2.25. The molecule has 1 heterocycles. The predicted octanol–water partition coefficient (Wildman–Crippen LogP) is 2.95. The number of Topliss-reactive ketones (excluding diaryl/α,β-unsaturated/α-hetero) is 1. The van der Waals surface area contributed by atoms with Crippen molar-refractivity contribution in [2.45, 2.75) is 39.7 Å². The molecule has 14 heavy (non-hydrogen) atoms. The number of anilines is 1. The van der Waals surface area contributed by atoms with E-state index in [4.69, 9.17) is 0 Å².